The van der Waals surface area contributed by atoms with Crippen molar-refractivity contribution in [2.45, 2.75) is 19.4 Å². The Morgan fingerprint density at radius 1 is 1.13 bits per heavy atom. The van der Waals surface area contributed by atoms with Crippen LogP contribution in [0.25, 0.3) is 10.9 Å². The van der Waals surface area contributed by atoms with Gasteiger partial charge in [-0.3, -0.25) is 14.9 Å². The molecular formula is C21H21N5O4. The van der Waals surface area contributed by atoms with Crippen molar-refractivity contribution in [2.75, 3.05) is 23.7 Å². The molecule has 1 aromatic heterocycles. The third-order valence-corrected chi connectivity index (χ3v) is 5.27. The molecule has 1 aliphatic rings. The summed E-state index contributed by atoms with van der Waals surface area (Å²) in [6.07, 6.45) is 1.12. The summed E-state index contributed by atoms with van der Waals surface area (Å²) in [5.74, 6) is 0.135. The fraction of sp³-hybridized carbons (Fsp3) is 0.286. The molecule has 154 valence electrons. The molecule has 9 heteroatoms. The molecule has 1 fully saturated rings. The molecule has 0 radical (unpaired) electrons. The first-order valence-corrected chi connectivity index (χ1v) is 9.69. The third kappa shape index (κ3) is 4.00. The summed E-state index contributed by atoms with van der Waals surface area (Å²) in [5.41, 5.74) is 7.32. The van der Waals surface area contributed by atoms with Crippen molar-refractivity contribution >= 4 is 34.1 Å². The van der Waals surface area contributed by atoms with Crippen molar-refractivity contribution < 1.29 is 14.5 Å². The van der Waals surface area contributed by atoms with Gasteiger partial charge in [-0.1, -0.05) is 24.3 Å². The second-order valence-corrected chi connectivity index (χ2v) is 7.16. The van der Waals surface area contributed by atoms with Crippen LogP contribution in [-0.2, 0) is 16.1 Å². The van der Waals surface area contributed by atoms with E-state index in [0.717, 1.165) is 5.39 Å². The van der Waals surface area contributed by atoms with Crippen molar-refractivity contribution in [3.63, 3.8) is 0 Å². The summed E-state index contributed by atoms with van der Waals surface area (Å²) >= 11 is 0. The molecule has 2 N–H and O–H groups in total. The number of nitro benzene ring substituents is 1. The molecule has 30 heavy (non-hydrogen) atoms. The fourth-order valence-electron chi connectivity index (χ4n) is 3.71. The lowest BCUT2D eigenvalue weighted by atomic mass is 9.96. The van der Waals surface area contributed by atoms with Gasteiger partial charge in [0.25, 0.3) is 5.69 Å². The number of anilines is 2. The van der Waals surface area contributed by atoms with E-state index < -0.39 is 0 Å². The standard InChI is InChI=1S/C21H21N5O4/c22-20-15-5-1-2-6-16(15)23-19(24-20)13-30-21(27)14-9-11-25(12-10-14)17-7-3-4-8-18(17)26(28)29/h1-8,14H,9-13H2,(H2,22,23,24). The van der Waals surface area contributed by atoms with E-state index in [2.05, 4.69) is 9.97 Å². The van der Waals surface area contributed by atoms with E-state index in [1.807, 2.05) is 29.2 Å². The molecule has 1 aliphatic heterocycles. The van der Waals surface area contributed by atoms with Crippen LogP contribution in [0.1, 0.15) is 18.7 Å². The Labute approximate surface area is 172 Å². The van der Waals surface area contributed by atoms with Crippen LogP contribution >= 0.6 is 0 Å². The second-order valence-electron chi connectivity index (χ2n) is 7.16. The second kappa shape index (κ2) is 8.32. The largest absolute Gasteiger partial charge is 0.457 e. The number of nitrogens with zero attached hydrogens (tertiary/aromatic N) is 4. The number of esters is 1. The number of fused-ring (bicyclic) bond motifs is 1. The van der Waals surface area contributed by atoms with Crippen molar-refractivity contribution in [1.82, 2.24) is 9.97 Å². The molecule has 2 heterocycles. The van der Waals surface area contributed by atoms with Crippen LogP contribution in [0.4, 0.5) is 17.2 Å². The van der Waals surface area contributed by atoms with Gasteiger partial charge in [0, 0.05) is 24.5 Å². The average molecular weight is 407 g/mol. The molecule has 0 bridgehead atoms. The molecule has 1 saturated heterocycles. The van der Waals surface area contributed by atoms with Gasteiger partial charge in [0.05, 0.1) is 16.4 Å². The van der Waals surface area contributed by atoms with Gasteiger partial charge in [0.15, 0.2) is 12.4 Å². The molecule has 0 saturated carbocycles. The van der Waals surface area contributed by atoms with Gasteiger partial charge in [0.2, 0.25) is 0 Å². The fourth-order valence-corrected chi connectivity index (χ4v) is 3.71. The van der Waals surface area contributed by atoms with Crippen LogP contribution in [0.5, 0.6) is 0 Å². The quantitative estimate of drug-likeness (QED) is 0.389. The van der Waals surface area contributed by atoms with Gasteiger partial charge >= 0.3 is 5.97 Å². The minimum absolute atomic E-state index is 0.0434. The molecule has 0 aliphatic carbocycles. The minimum Gasteiger partial charge on any atom is -0.457 e. The number of nitrogen functional groups attached to an aromatic ring is 1. The normalized spacial score (nSPS) is 14.6. The molecule has 0 atom stereocenters. The highest BCUT2D eigenvalue weighted by atomic mass is 16.6. The maximum absolute atomic E-state index is 12.5. The van der Waals surface area contributed by atoms with Gasteiger partial charge in [-0.15, -0.1) is 0 Å². The lowest BCUT2D eigenvalue weighted by molar-refractivity contribution is -0.384. The zero-order valence-corrected chi connectivity index (χ0v) is 16.2. The zero-order chi connectivity index (χ0) is 21.1. The monoisotopic (exact) mass is 407 g/mol. The summed E-state index contributed by atoms with van der Waals surface area (Å²) in [4.78, 5) is 33.9. The Morgan fingerprint density at radius 3 is 2.60 bits per heavy atom. The van der Waals surface area contributed by atoms with E-state index in [4.69, 9.17) is 10.5 Å². The smallest absolute Gasteiger partial charge is 0.309 e. The van der Waals surface area contributed by atoms with E-state index in [-0.39, 0.29) is 29.1 Å². The molecule has 0 amide bonds. The summed E-state index contributed by atoms with van der Waals surface area (Å²) < 4.78 is 5.43. The number of hydrogen-bond acceptors (Lipinski definition) is 8. The molecule has 4 rings (SSSR count). The topological polar surface area (TPSA) is 124 Å². The first-order chi connectivity index (χ1) is 14.5. The summed E-state index contributed by atoms with van der Waals surface area (Å²) in [6.45, 7) is 1.05. The number of ether oxygens (including phenoxy) is 1. The van der Waals surface area contributed by atoms with Gasteiger partial charge in [-0.05, 0) is 31.0 Å². The van der Waals surface area contributed by atoms with Crippen molar-refractivity contribution in [1.29, 1.82) is 0 Å². The number of aromatic nitrogens is 2. The van der Waals surface area contributed by atoms with Crippen LogP contribution in [0.2, 0.25) is 0 Å². The number of nitrogens with two attached hydrogens (primary N) is 1. The van der Waals surface area contributed by atoms with Gasteiger partial charge in [0.1, 0.15) is 11.5 Å². The molecule has 3 aromatic rings. The predicted octanol–water partition coefficient (Wildman–Crippen LogP) is 3.08. The Hall–Kier alpha value is -3.75. The Balaban J connectivity index is 1.36. The SMILES string of the molecule is Nc1nc(COC(=O)C2CCN(c3ccccc3[N+](=O)[O-])CC2)nc2ccccc12. The van der Waals surface area contributed by atoms with Crippen LogP contribution in [0.3, 0.4) is 0 Å². The zero-order valence-electron chi connectivity index (χ0n) is 16.2. The lowest BCUT2D eigenvalue weighted by Crippen LogP contribution is -2.37. The first-order valence-electron chi connectivity index (χ1n) is 9.69. The summed E-state index contributed by atoms with van der Waals surface area (Å²) in [6, 6.07) is 14.0. The van der Waals surface area contributed by atoms with Gasteiger partial charge < -0.3 is 15.4 Å². The minimum atomic E-state index is -0.384. The van der Waals surface area contributed by atoms with E-state index in [1.54, 1.807) is 18.2 Å². The number of carbonyl (C=O) groups is 1. The predicted molar refractivity (Wildman–Crippen MR) is 112 cm³/mol. The molecule has 2 aromatic carbocycles. The number of piperidine rings is 1. The first kappa shape index (κ1) is 19.6. The van der Waals surface area contributed by atoms with Crippen LogP contribution < -0.4 is 10.6 Å². The Bertz CT molecular complexity index is 1100. The summed E-state index contributed by atoms with van der Waals surface area (Å²) in [7, 11) is 0. The third-order valence-electron chi connectivity index (χ3n) is 5.27. The molecule has 9 nitrogen and oxygen atoms in total. The number of hydrogen-bond donors (Lipinski definition) is 1. The van der Waals surface area contributed by atoms with E-state index in [1.165, 1.54) is 6.07 Å². The average Bonchev–Trinajstić information content (AvgIpc) is 2.77. The van der Waals surface area contributed by atoms with E-state index >= 15 is 0 Å². The van der Waals surface area contributed by atoms with Crippen molar-refractivity contribution in [3.05, 3.63) is 64.5 Å². The number of rotatable bonds is 5. The number of carbonyl (C=O) groups excluding carboxylic acids is 1. The maximum atomic E-state index is 12.5. The number of para-hydroxylation sites is 3. The molecular weight excluding hydrogens is 386 g/mol. The highest BCUT2D eigenvalue weighted by Gasteiger charge is 2.29. The number of nitro groups is 1. The number of benzene rings is 2. The molecule has 0 unspecified atom stereocenters. The van der Waals surface area contributed by atoms with Crippen molar-refractivity contribution in [2.24, 2.45) is 5.92 Å². The van der Waals surface area contributed by atoms with Gasteiger partial charge in [-0.2, -0.15) is 0 Å². The lowest BCUT2D eigenvalue weighted by Gasteiger charge is -2.32. The maximum Gasteiger partial charge on any atom is 0.309 e. The van der Waals surface area contributed by atoms with Gasteiger partial charge in [-0.25, -0.2) is 9.97 Å². The van der Waals surface area contributed by atoms with E-state index in [9.17, 15) is 14.9 Å². The summed E-state index contributed by atoms with van der Waals surface area (Å²) in [5, 5.41) is 12.0. The van der Waals surface area contributed by atoms with Crippen LogP contribution in [-0.4, -0.2) is 34.0 Å². The molecule has 0 spiro atoms. The highest BCUT2D eigenvalue weighted by Crippen LogP contribution is 2.31. The van der Waals surface area contributed by atoms with Crippen LogP contribution in [0, 0.1) is 16.0 Å². The van der Waals surface area contributed by atoms with E-state index in [0.29, 0.717) is 48.8 Å². The highest BCUT2D eigenvalue weighted by molar-refractivity contribution is 5.87. The Morgan fingerprint density at radius 2 is 1.83 bits per heavy atom. The Kier molecular flexibility index (Phi) is 5.42. The van der Waals surface area contributed by atoms with Crippen molar-refractivity contribution in [3.8, 4) is 0 Å². The van der Waals surface area contributed by atoms with Crippen LogP contribution in [0.15, 0.2) is 48.5 Å².